The summed E-state index contributed by atoms with van der Waals surface area (Å²) in [4.78, 5) is 18.0. The van der Waals surface area contributed by atoms with Crippen molar-refractivity contribution in [1.29, 1.82) is 0 Å². The summed E-state index contributed by atoms with van der Waals surface area (Å²) >= 11 is 0. The van der Waals surface area contributed by atoms with Crippen LogP contribution >= 0.6 is 0 Å². The van der Waals surface area contributed by atoms with Crippen LogP contribution in [-0.4, -0.2) is 34.7 Å². The first-order chi connectivity index (χ1) is 9.76. The van der Waals surface area contributed by atoms with E-state index in [1.54, 1.807) is 4.90 Å². The van der Waals surface area contributed by atoms with Crippen LogP contribution < -0.4 is 5.32 Å². The van der Waals surface area contributed by atoms with Crippen LogP contribution in [0.4, 0.5) is 10.6 Å². The lowest BCUT2D eigenvalue weighted by atomic mass is 9.94. The van der Waals surface area contributed by atoms with E-state index in [-0.39, 0.29) is 11.6 Å². The van der Waals surface area contributed by atoms with Gasteiger partial charge in [0.1, 0.15) is 12.4 Å². The highest BCUT2D eigenvalue weighted by molar-refractivity contribution is 5.70. The van der Waals surface area contributed by atoms with Gasteiger partial charge in [0.2, 0.25) is 0 Å². The zero-order chi connectivity index (χ0) is 15.7. The Hall–Kier alpha value is -1.78. The Morgan fingerprint density at radius 2 is 2.05 bits per heavy atom. The second kappa shape index (κ2) is 5.54. The number of nitrogens with zero attached hydrogens (tertiary/aromatic N) is 2. The molecule has 5 nitrogen and oxygen atoms in total. The molecule has 0 bridgehead atoms. The lowest BCUT2D eigenvalue weighted by Gasteiger charge is -2.34. The van der Waals surface area contributed by atoms with Crippen molar-refractivity contribution in [1.82, 2.24) is 9.88 Å². The molecule has 21 heavy (non-hydrogen) atoms. The molecule has 0 atom stereocenters. The van der Waals surface area contributed by atoms with Gasteiger partial charge in [0, 0.05) is 11.7 Å². The highest BCUT2D eigenvalue weighted by Crippen LogP contribution is 2.30. The van der Waals surface area contributed by atoms with Crippen molar-refractivity contribution in [2.24, 2.45) is 0 Å². The summed E-state index contributed by atoms with van der Waals surface area (Å²) in [6.45, 7) is 11.5. The third-order valence-electron chi connectivity index (χ3n) is 4.26. The van der Waals surface area contributed by atoms with E-state index in [0.717, 1.165) is 17.8 Å². The maximum absolute atomic E-state index is 11.8. The Kier molecular flexibility index (Phi) is 4.12. The Bertz CT molecular complexity index is 509. The van der Waals surface area contributed by atoms with Crippen molar-refractivity contribution >= 4 is 11.9 Å². The molecule has 0 unspecified atom stereocenters. The van der Waals surface area contributed by atoms with Crippen LogP contribution in [0.5, 0.6) is 0 Å². The van der Waals surface area contributed by atoms with E-state index in [1.807, 2.05) is 32.2 Å². The van der Waals surface area contributed by atoms with Gasteiger partial charge in [0.05, 0.1) is 12.1 Å². The third kappa shape index (κ3) is 3.28. The molecule has 1 aromatic heterocycles. The van der Waals surface area contributed by atoms with Crippen molar-refractivity contribution in [3.63, 3.8) is 0 Å². The summed E-state index contributed by atoms with van der Waals surface area (Å²) in [6, 6.07) is 3.99. The van der Waals surface area contributed by atoms with Gasteiger partial charge in [-0.15, -0.1) is 0 Å². The number of hydrogen-bond acceptors (Lipinski definition) is 4. The fourth-order valence-corrected chi connectivity index (χ4v) is 2.32. The van der Waals surface area contributed by atoms with Crippen molar-refractivity contribution < 1.29 is 9.53 Å². The molecule has 5 heteroatoms. The van der Waals surface area contributed by atoms with Crippen LogP contribution in [0.15, 0.2) is 18.3 Å². The zero-order valence-electron chi connectivity index (χ0n) is 13.6. The minimum absolute atomic E-state index is 0.0167. The van der Waals surface area contributed by atoms with Crippen LogP contribution in [-0.2, 0) is 10.3 Å². The summed E-state index contributed by atoms with van der Waals surface area (Å²) in [5.41, 5.74) is 0.601. The van der Waals surface area contributed by atoms with Crippen molar-refractivity contribution in [3.8, 4) is 0 Å². The SMILES string of the molecule is CCC(C)(C)Nc1ccc(C(C)(C)N2CCOC2=O)cn1. The minimum atomic E-state index is -0.417. The third-order valence-corrected chi connectivity index (χ3v) is 4.26. The highest BCUT2D eigenvalue weighted by atomic mass is 16.6. The number of nitrogens with one attached hydrogen (secondary N) is 1. The lowest BCUT2D eigenvalue weighted by molar-refractivity contribution is 0.125. The van der Waals surface area contributed by atoms with Crippen LogP contribution in [0.3, 0.4) is 0 Å². The van der Waals surface area contributed by atoms with E-state index < -0.39 is 5.54 Å². The Morgan fingerprint density at radius 1 is 1.33 bits per heavy atom. The Labute approximate surface area is 126 Å². The van der Waals surface area contributed by atoms with Gasteiger partial charge in [-0.05, 0) is 45.7 Å². The molecule has 1 aromatic rings. The standard InChI is InChI=1S/C16H25N3O2/c1-6-15(2,3)18-13-8-7-12(11-17-13)16(4,5)19-9-10-21-14(19)20/h7-8,11H,6,9-10H2,1-5H3,(H,17,18). The predicted octanol–water partition coefficient (Wildman–Crippen LogP) is 3.37. The average Bonchev–Trinajstić information content (AvgIpc) is 2.86. The summed E-state index contributed by atoms with van der Waals surface area (Å²) in [5, 5.41) is 3.41. The van der Waals surface area contributed by atoms with Gasteiger partial charge >= 0.3 is 6.09 Å². The minimum Gasteiger partial charge on any atom is -0.448 e. The number of ether oxygens (including phenoxy) is 1. The monoisotopic (exact) mass is 291 g/mol. The largest absolute Gasteiger partial charge is 0.448 e. The Balaban J connectivity index is 2.16. The van der Waals surface area contributed by atoms with Gasteiger partial charge in [-0.2, -0.15) is 0 Å². The molecule has 1 fully saturated rings. The van der Waals surface area contributed by atoms with Gasteiger partial charge in [-0.3, -0.25) is 4.90 Å². The number of pyridine rings is 1. The van der Waals surface area contributed by atoms with Crippen LogP contribution in [0.25, 0.3) is 0 Å². The molecular weight excluding hydrogens is 266 g/mol. The molecule has 116 valence electrons. The zero-order valence-corrected chi connectivity index (χ0v) is 13.6. The summed E-state index contributed by atoms with van der Waals surface area (Å²) in [6.07, 6.45) is 2.59. The van der Waals surface area contributed by atoms with E-state index in [1.165, 1.54) is 0 Å². The maximum Gasteiger partial charge on any atom is 0.410 e. The summed E-state index contributed by atoms with van der Waals surface area (Å²) in [7, 11) is 0. The van der Waals surface area contributed by atoms with Crippen molar-refractivity contribution in [3.05, 3.63) is 23.9 Å². The van der Waals surface area contributed by atoms with E-state index in [2.05, 4.69) is 31.1 Å². The first-order valence-corrected chi connectivity index (χ1v) is 7.45. The molecule has 1 N–H and O–H groups in total. The van der Waals surface area contributed by atoms with Gasteiger partial charge < -0.3 is 10.1 Å². The van der Waals surface area contributed by atoms with Gasteiger partial charge in [-0.25, -0.2) is 9.78 Å². The number of rotatable bonds is 5. The number of anilines is 1. The van der Waals surface area contributed by atoms with Gasteiger partial charge in [0.25, 0.3) is 0 Å². The first-order valence-electron chi connectivity index (χ1n) is 7.45. The average molecular weight is 291 g/mol. The number of aromatic nitrogens is 1. The molecule has 0 saturated carbocycles. The summed E-state index contributed by atoms with van der Waals surface area (Å²) < 4.78 is 5.03. The number of cyclic esters (lactones) is 1. The first kappa shape index (κ1) is 15.6. The van der Waals surface area contributed by atoms with Gasteiger partial charge in [0.15, 0.2) is 0 Å². The second-order valence-electron chi connectivity index (χ2n) is 6.62. The molecule has 0 radical (unpaired) electrons. The van der Waals surface area contributed by atoms with E-state index >= 15 is 0 Å². The Morgan fingerprint density at radius 3 is 2.52 bits per heavy atom. The number of amides is 1. The molecule has 2 rings (SSSR count). The molecule has 1 saturated heterocycles. The van der Waals surface area contributed by atoms with Gasteiger partial charge in [-0.1, -0.05) is 13.0 Å². The molecule has 0 spiro atoms. The quantitative estimate of drug-likeness (QED) is 0.903. The molecule has 1 aliphatic rings. The number of carbonyl (C=O) groups excluding carboxylic acids is 1. The van der Waals surface area contributed by atoms with E-state index in [4.69, 9.17) is 4.74 Å². The smallest absolute Gasteiger partial charge is 0.410 e. The molecular formula is C16H25N3O2. The van der Waals surface area contributed by atoms with E-state index in [0.29, 0.717) is 13.2 Å². The van der Waals surface area contributed by atoms with Crippen LogP contribution in [0, 0.1) is 0 Å². The topological polar surface area (TPSA) is 54.5 Å². The normalized spacial score (nSPS) is 16.0. The van der Waals surface area contributed by atoms with Crippen molar-refractivity contribution in [2.75, 3.05) is 18.5 Å². The number of carbonyl (C=O) groups is 1. The molecule has 0 aliphatic carbocycles. The number of hydrogen-bond donors (Lipinski definition) is 1. The van der Waals surface area contributed by atoms with Crippen LogP contribution in [0.2, 0.25) is 0 Å². The lowest BCUT2D eigenvalue weighted by Crippen LogP contribution is -2.42. The molecule has 2 heterocycles. The molecule has 1 amide bonds. The molecule has 1 aliphatic heterocycles. The maximum atomic E-state index is 11.8. The summed E-state index contributed by atoms with van der Waals surface area (Å²) in [5.74, 6) is 0.852. The van der Waals surface area contributed by atoms with E-state index in [9.17, 15) is 4.79 Å². The second-order valence-corrected chi connectivity index (χ2v) is 6.62. The fourth-order valence-electron chi connectivity index (χ4n) is 2.32. The molecule has 0 aromatic carbocycles. The van der Waals surface area contributed by atoms with Crippen molar-refractivity contribution in [2.45, 2.75) is 52.1 Å². The van der Waals surface area contributed by atoms with Crippen LogP contribution in [0.1, 0.15) is 46.6 Å². The fraction of sp³-hybridized carbons (Fsp3) is 0.625. The highest BCUT2D eigenvalue weighted by Gasteiger charge is 2.37. The predicted molar refractivity (Wildman–Crippen MR) is 83.3 cm³/mol.